The van der Waals surface area contributed by atoms with Gasteiger partial charge >= 0.3 is 12.0 Å². The Morgan fingerprint density at radius 3 is 2.28 bits per heavy atom. The Morgan fingerprint density at radius 2 is 1.69 bits per heavy atom. The lowest BCUT2D eigenvalue weighted by molar-refractivity contribution is 0.0697. The molecule has 3 N–H and O–H groups in total. The minimum Gasteiger partial charge on any atom is -0.497 e. The topological polar surface area (TPSA) is 90.9 Å². The maximum Gasteiger partial charge on any atom is 0.335 e. The van der Waals surface area contributed by atoms with Crippen molar-refractivity contribution in [1.82, 2.24) is 15.5 Å². The molecule has 1 heterocycles. The van der Waals surface area contributed by atoms with Crippen LogP contribution in [0.15, 0.2) is 48.5 Å². The van der Waals surface area contributed by atoms with Crippen molar-refractivity contribution < 1.29 is 19.4 Å². The van der Waals surface area contributed by atoms with Gasteiger partial charge in [0.15, 0.2) is 0 Å². The summed E-state index contributed by atoms with van der Waals surface area (Å²) < 4.78 is 5.24. The van der Waals surface area contributed by atoms with E-state index in [0.29, 0.717) is 13.1 Å². The van der Waals surface area contributed by atoms with Gasteiger partial charge in [0.2, 0.25) is 0 Å². The van der Waals surface area contributed by atoms with Gasteiger partial charge in [-0.1, -0.05) is 24.3 Å². The second-order valence-corrected chi connectivity index (χ2v) is 7.10. The highest BCUT2D eigenvalue weighted by atomic mass is 16.5. The van der Waals surface area contributed by atoms with Crippen molar-refractivity contribution in [3.05, 3.63) is 65.2 Å². The fraction of sp³-hybridized carbons (Fsp3) is 0.364. The first kappa shape index (κ1) is 20.7. The van der Waals surface area contributed by atoms with Gasteiger partial charge in [0, 0.05) is 13.1 Å². The molecule has 2 aromatic carbocycles. The van der Waals surface area contributed by atoms with Crippen molar-refractivity contribution in [2.24, 2.45) is 0 Å². The highest BCUT2D eigenvalue weighted by Crippen LogP contribution is 2.26. The number of methoxy groups -OCH3 is 1. The van der Waals surface area contributed by atoms with Gasteiger partial charge in [-0.3, -0.25) is 4.90 Å². The van der Waals surface area contributed by atoms with Crippen LogP contribution in [0.5, 0.6) is 5.75 Å². The third-order valence-corrected chi connectivity index (χ3v) is 5.19. The number of nitrogens with zero attached hydrogens (tertiary/aromatic N) is 1. The molecule has 0 radical (unpaired) electrons. The Morgan fingerprint density at radius 1 is 1.03 bits per heavy atom. The zero-order chi connectivity index (χ0) is 20.6. The van der Waals surface area contributed by atoms with Crippen molar-refractivity contribution in [3.8, 4) is 5.75 Å². The number of hydrogen-bond acceptors (Lipinski definition) is 4. The number of carbonyl (C=O) groups is 2. The van der Waals surface area contributed by atoms with Gasteiger partial charge in [-0.05, 0) is 61.3 Å². The monoisotopic (exact) mass is 397 g/mol. The highest BCUT2D eigenvalue weighted by Gasteiger charge is 2.24. The van der Waals surface area contributed by atoms with Crippen molar-refractivity contribution in [2.45, 2.75) is 25.4 Å². The summed E-state index contributed by atoms with van der Waals surface area (Å²) in [6.07, 6.45) is 2.34. The lowest BCUT2D eigenvalue weighted by Gasteiger charge is -2.28. The zero-order valence-corrected chi connectivity index (χ0v) is 16.6. The maximum absolute atomic E-state index is 12.3. The molecule has 29 heavy (non-hydrogen) atoms. The molecule has 7 heteroatoms. The van der Waals surface area contributed by atoms with Gasteiger partial charge in [0.05, 0.1) is 18.7 Å². The molecule has 2 aromatic rings. The van der Waals surface area contributed by atoms with Crippen molar-refractivity contribution >= 4 is 12.0 Å². The molecule has 0 aliphatic carbocycles. The minimum atomic E-state index is -0.964. The third-order valence-electron chi connectivity index (χ3n) is 5.19. The van der Waals surface area contributed by atoms with Crippen LogP contribution in [-0.4, -0.2) is 48.8 Å². The number of rotatable bonds is 8. The number of likely N-dealkylation sites (tertiary alicyclic amines) is 1. The molecule has 2 amide bonds. The second kappa shape index (κ2) is 9.93. The third kappa shape index (κ3) is 5.71. The van der Waals surface area contributed by atoms with Crippen molar-refractivity contribution in [1.29, 1.82) is 0 Å². The molecule has 0 spiro atoms. The van der Waals surface area contributed by atoms with Gasteiger partial charge in [0.1, 0.15) is 5.75 Å². The number of ether oxygens (including phenoxy) is 1. The molecule has 1 atom stereocenters. The van der Waals surface area contributed by atoms with E-state index in [1.165, 1.54) is 25.0 Å². The number of hydrogen-bond donors (Lipinski definition) is 3. The van der Waals surface area contributed by atoms with Gasteiger partial charge in [-0.2, -0.15) is 0 Å². The average molecular weight is 397 g/mol. The zero-order valence-electron chi connectivity index (χ0n) is 16.6. The number of benzene rings is 2. The van der Waals surface area contributed by atoms with Crippen LogP contribution in [-0.2, 0) is 6.54 Å². The second-order valence-electron chi connectivity index (χ2n) is 7.10. The number of carboxylic acids is 1. The van der Waals surface area contributed by atoms with E-state index in [1.807, 2.05) is 24.3 Å². The molecule has 0 aromatic heterocycles. The predicted octanol–water partition coefficient (Wildman–Crippen LogP) is 3.03. The first-order chi connectivity index (χ1) is 14.1. The summed E-state index contributed by atoms with van der Waals surface area (Å²) in [7, 11) is 1.65. The summed E-state index contributed by atoms with van der Waals surface area (Å²) in [6.45, 7) is 2.89. The predicted molar refractivity (Wildman–Crippen MR) is 110 cm³/mol. The number of carbonyl (C=O) groups excluding carboxylic acids is 1. The summed E-state index contributed by atoms with van der Waals surface area (Å²) in [5, 5.41) is 14.7. The Kier molecular flexibility index (Phi) is 7.08. The number of carboxylic acid groups (broad SMARTS) is 1. The summed E-state index contributed by atoms with van der Waals surface area (Å²) in [4.78, 5) is 25.6. The van der Waals surface area contributed by atoms with Crippen LogP contribution in [0.2, 0.25) is 0 Å². The van der Waals surface area contributed by atoms with E-state index in [1.54, 1.807) is 19.2 Å². The SMILES string of the molecule is COc1ccc(C(CNC(=O)NCc2ccc(C(=O)O)cc2)N2CCCC2)cc1. The van der Waals surface area contributed by atoms with Crippen LogP contribution in [0.4, 0.5) is 4.79 Å². The van der Waals surface area contributed by atoms with E-state index < -0.39 is 5.97 Å². The lowest BCUT2D eigenvalue weighted by atomic mass is 10.1. The van der Waals surface area contributed by atoms with Gasteiger partial charge in [0.25, 0.3) is 0 Å². The van der Waals surface area contributed by atoms with Crippen LogP contribution < -0.4 is 15.4 Å². The van der Waals surface area contributed by atoms with Crippen LogP contribution in [0.3, 0.4) is 0 Å². The standard InChI is InChI=1S/C22H27N3O4/c1-29-19-10-8-17(9-11-19)20(25-12-2-3-13-25)15-24-22(28)23-14-16-4-6-18(7-5-16)21(26)27/h4-11,20H,2-3,12-15H2,1H3,(H,26,27)(H2,23,24,28). The fourth-order valence-corrected chi connectivity index (χ4v) is 3.54. The summed E-state index contributed by atoms with van der Waals surface area (Å²) >= 11 is 0. The smallest absolute Gasteiger partial charge is 0.335 e. The van der Waals surface area contributed by atoms with Crippen LogP contribution in [0.25, 0.3) is 0 Å². The molecule has 0 bridgehead atoms. The van der Waals surface area contributed by atoms with Crippen LogP contribution in [0.1, 0.15) is 40.4 Å². The van der Waals surface area contributed by atoms with E-state index in [-0.39, 0.29) is 17.6 Å². The number of aromatic carboxylic acids is 1. The largest absolute Gasteiger partial charge is 0.497 e. The van der Waals surface area contributed by atoms with E-state index in [0.717, 1.165) is 30.0 Å². The Bertz CT molecular complexity index is 815. The number of amides is 2. The Balaban J connectivity index is 1.55. The molecule has 1 aliphatic rings. The molecule has 7 nitrogen and oxygen atoms in total. The average Bonchev–Trinajstić information content (AvgIpc) is 3.27. The van der Waals surface area contributed by atoms with E-state index in [2.05, 4.69) is 15.5 Å². The lowest BCUT2D eigenvalue weighted by Crippen LogP contribution is -2.41. The van der Waals surface area contributed by atoms with Crippen molar-refractivity contribution in [3.63, 3.8) is 0 Å². The summed E-state index contributed by atoms with van der Waals surface area (Å²) in [5.41, 5.74) is 2.22. The highest BCUT2D eigenvalue weighted by molar-refractivity contribution is 5.87. The first-order valence-corrected chi connectivity index (χ1v) is 9.79. The van der Waals surface area contributed by atoms with E-state index in [9.17, 15) is 9.59 Å². The van der Waals surface area contributed by atoms with Gasteiger partial charge in [-0.15, -0.1) is 0 Å². The molecule has 154 valence electrons. The molecule has 1 saturated heterocycles. The fourth-order valence-electron chi connectivity index (χ4n) is 3.54. The maximum atomic E-state index is 12.3. The quantitative estimate of drug-likeness (QED) is 0.637. The Labute approximate surface area is 170 Å². The molecule has 0 saturated carbocycles. The summed E-state index contributed by atoms with van der Waals surface area (Å²) in [6, 6.07) is 14.3. The molecule has 3 rings (SSSR count). The number of urea groups is 1. The van der Waals surface area contributed by atoms with Gasteiger partial charge in [-0.25, -0.2) is 9.59 Å². The van der Waals surface area contributed by atoms with Crippen molar-refractivity contribution in [2.75, 3.05) is 26.7 Å². The number of nitrogens with one attached hydrogen (secondary N) is 2. The first-order valence-electron chi connectivity index (χ1n) is 9.79. The molecular weight excluding hydrogens is 370 g/mol. The van der Waals surface area contributed by atoms with E-state index in [4.69, 9.17) is 9.84 Å². The minimum absolute atomic E-state index is 0.115. The molecule has 1 aliphatic heterocycles. The molecule has 1 fully saturated rings. The van der Waals surface area contributed by atoms with Crippen LogP contribution >= 0.6 is 0 Å². The molecular formula is C22H27N3O4. The van der Waals surface area contributed by atoms with E-state index >= 15 is 0 Å². The summed E-state index contributed by atoms with van der Waals surface area (Å²) in [5.74, 6) is -0.151. The normalized spacial score (nSPS) is 14.9. The molecule has 1 unspecified atom stereocenters. The van der Waals surface area contributed by atoms with Crippen LogP contribution in [0, 0.1) is 0 Å². The van der Waals surface area contributed by atoms with Gasteiger partial charge < -0.3 is 20.5 Å². The Hall–Kier alpha value is -3.06.